The highest BCUT2D eigenvalue weighted by molar-refractivity contribution is 7.13. The summed E-state index contributed by atoms with van der Waals surface area (Å²) < 4.78 is 11.0. The zero-order valence-corrected chi connectivity index (χ0v) is 17.5. The number of rotatable bonds is 7. The number of benzene rings is 2. The number of carbonyl (C=O) groups is 1. The summed E-state index contributed by atoms with van der Waals surface area (Å²) >= 11 is 7.24. The van der Waals surface area contributed by atoms with E-state index in [1.165, 1.54) is 11.3 Å². The van der Waals surface area contributed by atoms with E-state index in [0.717, 1.165) is 16.3 Å². The fourth-order valence-corrected chi connectivity index (χ4v) is 3.78. The zero-order chi connectivity index (χ0) is 20.1. The summed E-state index contributed by atoms with van der Waals surface area (Å²) in [6.45, 7) is 2.64. The molecular weight excluding hydrogens is 396 g/mol. The Morgan fingerprint density at radius 2 is 1.93 bits per heavy atom. The third kappa shape index (κ3) is 5.03. The number of aryl methyl sites for hydroxylation is 1. The van der Waals surface area contributed by atoms with Crippen molar-refractivity contribution in [3.8, 4) is 11.5 Å². The molecule has 0 aliphatic heterocycles. The summed E-state index contributed by atoms with van der Waals surface area (Å²) in [5, 5.41) is 1.41. The van der Waals surface area contributed by atoms with Crippen LogP contribution in [0.3, 0.4) is 0 Å². The van der Waals surface area contributed by atoms with Gasteiger partial charge in [0.15, 0.2) is 0 Å². The lowest BCUT2D eigenvalue weighted by atomic mass is 10.2. The monoisotopic (exact) mass is 416 g/mol. The molecule has 28 heavy (non-hydrogen) atoms. The maximum atomic E-state index is 12.9. The highest BCUT2D eigenvalue weighted by Gasteiger charge is 2.19. The highest BCUT2D eigenvalue weighted by atomic mass is 35.5. The molecule has 5 nitrogen and oxygen atoms in total. The van der Waals surface area contributed by atoms with E-state index in [2.05, 4.69) is 4.98 Å². The number of thiazole rings is 1. The van der Waals surface area contributed by atoms with Gasteiger partial charge in [-0.15, -0.1) is 11.3 Å². The molecule has 0 fully saturated rings. The number of nitrogens with zero attached hydrogens (tertiary/aromatic N) is 2. The van der Waals surface area contributed by atoms with E-state index in [0.29, 0.717) is 34.5 Å². The standard InChI is InChI=1S/C21H21ClN2O3S/c1-14-20(21(25)24(2)12-15-5-4-6-18(11-15)26-3)28-19(23-14)13-27-17-9-7-16(22)8-10-17/h4-11H,12-13H2,1-3H3. The second kappa shape index (κ2) is 9.08. The Kier molecular flexibility index (Phi) is 6.54. The van der Waals surface area contributed by atoms with E-state index in [9.17, 15) is 4.79 Å². The number of ether oxygens (including phenoxy) is 2. The van der Waals surface area contributed by atoms with Crippen molar-refractivity contribution in [3.63, 3.8) is 0 Å². The third-order valence-electron chi connectivity index (χ3n) is 4.11. The average molecular weight is 417 g/mol. The molecule has 3 aromatic rings. The molecule has 0 N–H and O–H groups in total. The van der Waals surface area contributed by atoms with Gasteiger partial charge in [0, 0.05) is 18.6 Å². The maximum Gasteiger partial charge on any atom is 0.265 e. The van der Waals surface area contributed by atoms with Crippen molar-refractivity contribution in [3.05, 3.63) is 74.7 Å². The van der Waals surface area contributed by atoms with Crippen molar-refractivity contribution in [2.45, 2.75) is 20.1 Å². The Morgan fingerprint density at radius 1 is 1.18 bits per heavy atom. The SMILES string of the molecule is COc1cccc(CN(C)C(=O)c2sc(COc3ccc(Cl)cc3)nc2C)c1. The lowest BCUT2D eigenvalue weighted by Crippen LogP contribution is -2.26. The van der Waals surface area contributed by atoms with Crippen molar-refractivity contribution in [1.82, 2.24) is 9.88 Å². The predicted octanol–water partition coefficient (Wildman–Crippen LogP) is 4.96. The molecule has 0 bridgehead atoms. The number of halogens is 1. The quantitative estimate of drug-likeness (QED) is 0.546. The van der Waals surface area contributed by atoms with Crippen LogP contribution in [-0.4, -0.2) is 29.9 Å². The molecule has 2 aromatic carbocycles. The van der Waals surface area contributed by atoms with Gasteiger partial charge in [-0.1, -0.05) is 23.7 Å². The van der Waals surface area contributed by atoms with Crippen LogP contribution < -0.4 is 9.47 Å². The molecule has 0 spiro atoms. The van der Waals surface area contributed by atoms with Crippen molar-refractivity contribution < 1.29 is 14.3 Å². The van der Waals surface area contributed by atoms with Gasteiger partial charge in [0.25, 0.3) is 5.91 Å². The number of methoxy groups -OCH3 is 1. The van der Waals surface area contributed by atoms with Gasteiger partial charge in [0.1, 0.15) is 28.0 Å². The van der Waals surface area contributed by atoms with Gasteiger partial charge in [-0.05, 0) is 48.9 Å². The Balaban J connectivity index is 1.65. The first-order valence-corrected chi connectivity index (χ1v) is 9.89. The van der Waals surface area contributed by atoms with Gasteiger partial charge in [-0.25, -0.2) is 4.98 Å². The van der Waals surface area contributed by atoms with E-state index in [4.69, 9.17) is 21.1 Å². The fraction of sp³-hybridized carbons (Fsp3) is 0.238. The molecule has 0 saturated carbocycles. The first-order valence-electron chi connectivity index (χ1n) is 8.69. The topological polar surface area (TPSA) is 51.7 Å². The molecule has 1 aromatic heterocycles. The molecule has 3 rings (SSSR count). The van der Waals surface area contributed by atoms with Crippen LogP contribution in [0, 0.1) is 6.92 Å². The van der Waals surface area contributed by atoms with Crippen LogP contribution in [0.2, 0.25) is 5.02 Å². The van der Waals surface area contributed by atoms with Crippen LogP contribution in [0.4, 0.5) is 0 Å². The van der Waals surface area contributed by atoms with Crippen LogP contribution in [-0.2, 0) is 13.2 Å². The molecule has 0 aliphatic carbocycles. The Hall–Kier alpha value is -2.57. The van der Waals surface area contributed by atoms with Crippen molar-refractivity contribution in [2.24, 2.45) is 0 Å². The van der Waals surface area contributed by atoms with E-state index < -0.39 is 0 Å². The summed E-state index contributed by atoms with van der Waals surface area (Å²) in [6, 6.07) is 14.8. The van der Waals surface area contributed by atoms with Crippen LogP contribution >= 0.6 is 22.9 Å². The van der Waals surface area contributed by atoms with Crippen LogP contribution in [0.1, 0.15) is 25.9 Å². The number of hydrogen-bond acceptors (Lipinski definition) is 5. The molecule has 1 amide bonds. The average Bonchev–Trinajstić information content (AvgIpc) is 3.07. The molecule has 0 radical (unpaired) electrons. The summed E-state index contributed by atoms with van der Waals surface area (Å²) in [5.74, 6) is 1.42. The second-order valence-corrected chi connectivity index (χ2v) is 7.80. The normalized spacial score (nSPS) is 10.6. The lowest BCUT2D eigenvalue weighted by molar-refractivity contribution is 0.0789. The minimum Gasteiger partial charge on any atom is -0.497 e. The number of aromatic nitrogens is 1. The van der Waals surface area contributed by atoms with Crippen LogP contribution in [0.5, 0.6) is 11.5 Å². The van der Waals surface area contributed by atoms with Gasteiger partial charge in [0.2, 0.25) is 0 Å². The number of amides is 1. The van der Waals surface area contributed by atoms with Crippen molar-refractivity contribution in [2.75, 3.05) is 14.2 Å². The van der Waals surface area contributed by atoms with Crippen LogP contribution in [0.25, 0.3) is 0 Å². The van der Waals surface area contributed by atoms with Crippen LogP contribution in [0.15, 0.2) is 48.5 Å². The van der Waals surface area contributed by atoms with Gasteiger partial charge in [0.05, 0.1) is 12.8 Å². The lowest BCUT2D eigenvalue weighted by Gasteiger charge is -2.17. The van der Waals surface area contributed by atoms with Crippen molar-refractivity contribution >= 4 is 28.8 Å². The number of carbonyl (C=O) groups excluding carboxylic acids is 1. The molecule has 0 aliphatic rings. The summed E-state index contributed by atoms with van der Waals surface area (Å²) in [7, 11) is 3.41. The molecule has 146 valence electrons. The fourth-order valence-electron chi connectivity index (χ4n) is 2.68. The van der Waals surface area contributed by atoms with E-state index in [-0.39, 0.29) is 5.91 Å². The second-order valence-electron chi connectivity index (χ2n) is 6.28. The van der Waals surface area contributed by atoms with Gasteiger partial charge >= 0.3 is 0 Å². The molecule has 0 atom stereocenters. The van der Waals surface area contributed by atoms with E-state index >= 15 is 0 Å². The first-order chi connectivity index (χ1) is 13.5. The Labute approximate surface area is 173 Å². The van der Waals surface area contributed by atoms with Gasteiger partial charge < -0.3 is 14.4 Å². The minimum absolute atomic E-state index is 0.0597. The summed E-state index contributed by atoms with van der Waals surface area (Å²) in [5.41, 5.74) is 1.71. The zero-order valence-electron chi connectivity index (χ0n) is 15.9. The summed E-state index contributed by atoms with van der Waals surface area (Å²) in [4.78, 5) is 19.6. The number of hydrogen-bond donors (Lipinski definition) is 0. The minimum atomic E-state index is -0.0597. The summed E-state index contributed by atoms with van der Waals surface area (Å²) in [6.07, 6.45) is 0. The largest absolute Gasteiger partial charge is 0.497 e. The highest BCUT2D eigenvalue weighted by Crippen LogP contribution is 2.23. The predicted molar refractivity (Wildman–Crippen MR) is 111 cm³/mol. The Bertz CT molecular complexity index is 957. The maximum absolute atomic E-state index is 12.9. The van der Waals surface area contributed by atoms with E-state index in [1.54, 1.807) is 43.3 Å². The molecule has 1 heterocycles. The molecule has 7 heteroatoms. The Morgan fingerprint density at radius 3 is 2.64 bits per heavy atom. The van der Waals surface area contributed by atoms with Gasteiger partial charge in [-0.3, -0.25) is 4.79 Å². The van der Waals surface area contributed by atoms with Gasteiger partial charge in [-0.2, -0.15) is 0 Å². The molecule has 0 unspecified atom stereocenters. The van der Waals surface area contributed by atoms with E-state index in [1.807, 2.05) is 31.2 Å². The first kappa shape index (κ1) is 20.2. The smallest absolute Gasteiger partial charge is 0.265 e. The van der Waals surface area contributed by atoms with Crippen molar-refractivity contribution in [1.29, 1.82) is 0 Å². The molecule has 0 saturated heterocycles. The molecular formula is C21H21ClN2O3S. The third-order valence-corrected chi connectivity index (χ3v) is 5.48.